The molecule has 18 heavy (non-hydrogen) atoms. The fourth-order valence-corrected chi connectivity index (χ4v) is 3.10. The van der Waals surface area contributed by atoms with Gasteiger partial charge in [0, 0.05) is 26.2 Å². The Labute approximate surface area is 109 Å². The van der Waals surface area contributed by atoms with Gasteiger partial charge in [-0.05, 0) is 25.7 Å². The molecule has 2 fully saturated rings. The summed E-state index contributed by atoms with van der Waals surface area (Å²) in [5, 5.41) is 9.61. The molecule has 0 saturated heterocycles. The zero-order valence-corrected chi connectivity index (χ0v) is 11.4. The first-order chi connectivity index (χ1) is 8.68. The van der Waals surface area contributed by atoms with Crippen LogP contribution in [0.1, 0.15) is 44.9 Å². The predicted molar refractivity (Wildman–Crippen MR) is 69.6 cm³/mol. The summed E-state index contributed by atoms with van der Waals surface area (Å²) in [5.74, 6) is -0.592. The van der Waals surface area contributed by atoms with Crippen LogP contribution in [-0.4, -0.2) is 48.8 Å². The molecule has 0 heterocycles. The molecule has 0 aliphatic heterocycles. The number of carbonyl (C=O) groups is 1. The third-order valence-electron chi connectivity index (χ3n) is 4.42. The monoisotopic (exact) mass is 255 g/mol. The maximum atomic E-state index is 11.7. The smallest absolute Gasteiger partial charge is 0.310 e. The van der Waals surface area contributed by atoms with Gasteiger partial charge in [-0.15, -0.1) is 0 Å². The largest absolute Gasteiger partial charge is 0.481 e. The Morgan fingerprint density at radius 1 is 1.33 bits per heavy atom. The average Bonchev–Trinajstić information content (AvgIpc) is 3.19. The highest BCUT2D eigenvalue weighted by molar-refractivity contribution is 5.75. The second-order valence-electron chi connectivity index (χ2n) is 5.84. The number of nitrogens with zero attached hydrogens (tertiary/aromatic N) is 1. The summed E-state index contributed by atoms with van der Waals surface area (Å²) in [7, 11) is 1.71. The van der Waals surface area contributed by atoms with Gasteiger partial charge in [-0.3, -0.25) is 9.69 Å². The lowest BCUT2D eigenvalue weighted by molar-refractivity contribution is -0.152. The Kier molecular flexibility index (Phi) is 4.62. The van der Waals surface area contributed by atoms with E-state index in [1.165, 1.54) is 19.3 Å². The van der Waals surface area contributed by atoms with Gasteiger partial charge in [0.2, 0.25) is 0 Å². The topological polar surface area (TPSA) is 49.8 Å². The maximum Gasteiger partial charge on any atom is 0.310 e. The van der Waals surface area contributed by atoms with E-state index in [9.17, 15) is 9.90 Å². The lowest BCUT2D eigenvalue weighted by atomic mass is 9.73. The molecule has 0 radical (unpaired) electrons. The number of carboxylic acids is 1. The van der Waals surface area contributed by atoms with E-state index in [1.54, 1.807) is 7.11 Å². The Morgan fingerprint density at radius 2 is 2.00 bits per heavy atom. The molecule has 4 nitrogen and oxygen atoms in total. The third-order valence-corrected chi connectivity index (χ3v) is 4.42. The Hall–Kier alpha value is -0.610. The average molecular weight is 255 g/mol. The van der Waals surface area contributed by atoms with Crippen LogP contribution in [-0.2, 0) is 9.53 Å². The van der Waals surface area contributed by atoms with Crippen LogP contribution in [0.15, 0.2) is 0 Å². The summed E-state index contributed by atoms with van der Waals surface area (Å²) in [6.07, 6.45) is 7.45. The molecule has 4 heteroatoms. The summed E-state index contributed by atoms with van der Waals surface area (Å²) >= 11 is 0. The van der Waals surface area contributed by atoms with Gasteiger partial charge in [-0.2, -0.15) is 0 Å². The van der Waals surface area contributed by atoms with Crippen LogP contribution in [0.25, 0.3) is 0 Å². The highest BCUT2D eigenvalue weighted by Gasteiger charge is 2.43. The number of methoxy groups -OCH3 is 1. The molecule has 2 aliphatic carbocycles. The summed E-state index contributed by atoms with van der Waals surface area (Å²) in [6.45, 7) is 2.29. The molecule has 0 atom stereocenters. The third kappa shape index (κ3) is 3.23. The van der Waals surface area contributed by atoms with Gasteiger partial charge < -0.3 is 9.84 Å². The number of aliphatic carboxylic acids is 1. The van der Waals surface area contributed by atoms with Crippen molar-refractivity contribution in [2.75, 3.05) is 26.8 Å². The quantitative estimate of drug-likeness (QED) is 0.757. The van der Waals surface area contributed by atoms with Crippen molar-refractivity contribution in [3.05, 3.63) is 0 Å². The van der Waals surface area contributed by atoms with Gasteiger partial charge in [0.05, 0.1) is 12.0 Å². The minimum Gasteiger partial charge on any atom is -0.481 e. The van der Waals surface area contributed by atoms with Crippen molar-refractivity contribution < 1.29 is 14.6 Å². The van der Waals surface area contributed by atoms with Crippen LogP contribution in [0.2, 0.25) is 0 Å². The molecular formula is C14H25NO3. The summed E-state index contributed by atoms with van der Waals surface area (Å²) in [6, 6.07) is 0.610. The standard InChI is InChI=1S/C14H25NO3/c1-18-10-9-15(12-5-6-12)11-14(13(16)17)7-3-2-4-8-14/h12H,2-11H2,1H3,(H,16,17). The minimum atomic E-state index is -0.592. The number of hydrogen-bond acceptors (Lipinski definition) is 3. The normalized spacial score (nSPS) is 23.2. The van der Waals surface area contributed by atoms with Crippen LogP contribution >= 0.6 is 0 Å². The summed E-state index contributed by atoms with van der Waals surface area (Å²) in [4.78, 5) is 14.0. The van der Waals surface area contributed by atoms with Gasteiger partial charge in [-0.1, -0.05) is 19.3 Å². The van der Waals surface area contributed by atoms with Crippen molar-refractivity contribution in [2.45, 2.75) is 51.0 Å². The Balaban J connectivity index is 1.98. The van der Waals surface area contributed by atoms with Crippen LogP contribution in [0.5, 0.6) is 0 Å². The molecule has 0 aromatic carbocycles. The molecule has 1 N–H and O–H groups in total. The van der Waals surface area contributed by atoms with Crippen LogP contribution in [0.4, 0.5) is 0 Å². The maximum absolute atomic E-state index is 11.7. The van der Waals surface area contributed by atoms with Gasteiger partial charge >= 0.3 is 5.97 Å². The molecule has 0 amide bonds. The van der Waals surface area contributed by atoms with Crippen molar-refractivity contribution >= 4 is 5.97 Å². The number of hydrogen-bond donors (Lipinski definition) is 1. The SMILES string of the molecule is COCCN(CC1(C(=O)O)CCCCC1)C1CC1. The Bertz CT molecular complexity index is 283. The van der Waals surface area contributed by atoms with Gasteiger partial charge in [0.15, 0.2) is 0 Å². The van der Waals surface area contributed by atoms with Crippen molar-refractivity contribution in [3.63, 3.8) is 0 Å². The zero-order valence-electron chi connectivity index (χ0n) is 11.4. The van der Waals surface area contributed by atoms with Crippen molar-refractivity contribution in [1.82, 2.24) is 4.90 Å². The molecule has 2 rings (SSSR count). The minimum absolute atomic E-state index is 0.491. The molecule has 2 saturated carbocycles. The van der Waals surface area contributed by atoms with E-state index < -0.39 is 11.4 Å². The van der Waals surface area contributed by atoms with E-state index in [-0.39, 0.29) is 0 Å². The van der Waals surface area contributed by atoms with Gasteiger partial charge in [-0.25, -0.2) is 0 Å². The first kappa shape index (κ1) is 13.8. The molecule has 0 aromatic heterocycles. The second kappa shape index (κ2) is 6.02. The highest BCUT2D eigenvalue weighted by Crippen LogP contribution is 2.39. The highest BCUT2D eigenvalue weighted by atomic mass is 16.5. The predicted octanol–water partition coefficient (Wildman–Crippen LogP) is 2.13. The fourth-order valence-electron chi connectivity index (χ4n) is 3.10. The van der Waals surface area contributed by atoms with Crippen molar-refractivity contribution in [1.29, 1.82) is 0 Å². The van der Waals surface area contributed by atoms with Gasteiger partial charge in [0.1, 0.15) is 0 Å². The number of rotatable bonds is 7. The first-order valence-corrected chi connectivity index (χ1v) is 7.14. The number of ether oxygens (including phenoxy) is 1. The van der Waals surface area contributed by atoms with Crippen molar-refractivity contribution in [2.24, 2.45) is 5.41 Å². The lowest BCUT2D eigenvalue weighted by Crippen LogP contribution is -2.46. The fraction of sp³-hybridized carbons (Fsp3) is 0.929. The number of carboxylic acid groups (broad SMARTS) is 1. The molecular weight excluding hydrogens is 230 g/mol. The molecule has 0 aromatic rings. The van der Waals surface area contributed by atoms with E-state index in [4.69, 9.17) is 4.74 Å². The van der Waals surface area contributed by atoms with Gasteiger partial charge in [0.25, 0.3) is 0 Å². The zero-order chi connectivity index (χ0) is 13.0. The van der Waals surface area contributed by atoms with Crippen LogP contribution in [0, 0.1) is 5.41 Å². The van der Waals surface area contributed by atoms with Crippen LogP contribution in [0.3, 0.4) is 0 Å². The molecule has 0 bridgehead atoms. The van der Waals surface area contributed by atoms with Crippen LogP contribution < -0.4 is 0 Å². The van der Waals surface area contributed by atoms with E-state index in [2.05, 4.69) is 4.90 Å². The van der Waals surface area contributed by atoms with Crippen molar-refractivity contribution in [3.8, 4) is 0 Å². The summed E-state index contributed by atoms with van der Waals surface area (Å²) in [5.41, 5.74) is -0.491. The lowest BCUT2D eigenvalue weighted by Gasteiger charge is -2.38. The first-order valence-electron chi connectivity index (χ1n) is 7.14. The van der Waals surface area contributed by atoms with E-state index >= 15 is 0 Å². The molecule has 2 aliphatic rings. The second-order valence-corrected chi connectivity index (χ2v) is 5.84. The van der Waals surface area contributed by atoms with E-state index in [0.717, 1.165) is 38.8 Å². The van der Waals surface area contributed by atoms with E-state index in [1.807, 2.05) is 0 Å². The molecule has 0 spiro atoms. The molecule has 104 valence electrons. The molecule has 0 unspecified atom stereocenters. The Morgan fingerprint density at radius 3 is 2.50 bits per heavy atom. The summed E-state index contributed by atoms with van der Waals surface area (Å²) < 4.78 is 5.14. The van der Waals surface area contributed by atoms with E-state index in [0.29, 0.717) is 12.6 Å².